The second-order valence-corrected chi connectivity index (χ2v) is 4.69. The molecule has 1 aromatic rings. The predicted octanol–water partition coefficient (Wildman–Crippen LogP) is 1.97. The van der Waals surface area contributed by atoms with E-state index in [2.05, 4.69) is 3.63 Å². The van der Waals surface area contributed by atoms with E-state index in [1.165, 1.54) is 0 Å². The van der Waals surface area contributed by atoms with Crippen LogP contribution >= 0.6 is 23.6 Å². The van der Waals surface area contributed by atoms with E-state index in [0.29, 0.717) is 17.1 Å². The van der Waals surface area contributed by atoms with Crippen molar-refractivity contribution in [3.8, 4) is 0 Å². The molecule has 0 saturated heterocycles. The lowest BCUT2D eigenvalue weighted by molar-refractivity contribution is 0.391. The van der Waals surface area contributed by atoms with E-state index < -0.39 is 10.4 Å². The van der Waals surface area contributed by atoms with Gasteiger partial charge in [-0.05, 0) is 17.7 Å². The van der Waals surface area contributed by atoms with E-state index in [4.69, 9.17) is 11.6 Å². The Hall–Kier alpha value is -0.270. The topological polar surface area (TPSA) is 66.4 Å². The van der Waals surface area contributed by atoms with Crippen LogP contribution in [0.15, 0.2) is 24.3 Å². The fraction of sp³-hybridized carbons (Fsp3) is 0.143. The molecule has 0 unspecified atom stereocenters. The van der Waals surface area contributed by atoms with Crippen molar-refractivity contribution < 1.29 is 16.6 Å². The molecular weight excluding hydrogens is 248 g/mol. The Bertz CT molecular complexity index is 404. The molecule has 1 aromatic carbocycles. The van der Waals surface area contributed by atoms with E-state index in [1.807, 2.05) is 0 Å². The zero-order chi connectivity index (χ0) is 10.6. The minimum Gasteiger partial charge on any atom is -0.725 e. The minimum absolute atomic E-state index is 0.252. The van der Waals surface area contributed by atoms with Gasteiger partial charge < -0.3 is 4.55 Å². The largest absolute Gasteiger partial charge is 0.725 e. The van der Waals surface area contributed by atoms with Gasteiger partial charge in [0.1, 0.15) is 0 Å². The number of halogens is 1. The molecule has 0 atom stereocenters. The van der Waals surface area contributed by atoms with Gasteiger partial charge in [-0.3, -0.25) is 0 Å². The van der Waals surface area contributed by atoms with E-state index >= 15 is 0 Å². The van der Waals surface area contributed by atoms with Gasteiger partial charge in [-0.1, -0.05) is 23.7 Å². The Morgan fingerprint density at radius 3 is 2.79 bits per heavy atom. The summed E-state index contributed by atoms with van der Waals surface area (Å²) in [5.74, 6) is 0.252. The zero-order valence-corrected chi connectivity index (χ0v) is 9.23. The SMILES string of the molecule is O=S(=O)([O-])OSCc1cccc(Cl)c1. The molecule has 7 heteroatoms. The molecule has 14 heavy (non-hydrogen) atoms. The third-order valence-electron chi connectivity index (χ3n) is 1.25. The van der Waals surface area contributed by atoms with Crippen LogP contribution in [0.5, 0.6) is 0 Å². The third-order valence-corrected chi connectivity index (χ3v) is 2.98. The van der Waals surface area contributed by atoms with Crippen LogP contribution in [-0.4, -0.2) is 13.0 Å². The summed E-state index contributed by atoms with van der Waals surface area (Å²) >= 11 is 6.25. The van der Waals surface area contributed by atoms with Crippen LogP contribution in [0, 0.1) is 0 Å². The number of hydrogen-bond donors (Lipinski definition) is 0. The lowest BCUT2D eigenvalue weighted by Crippen LogP contribution is -1.97. The van der Waals surface area contributed by atoms with Crippen LogP contribution in [0.3, 0.4) is 0 Å². The highest BCUT2D eigenvalue weighted by Crippen LogP contribution is 2.18. The second kappa shape index (κ2) is 4.99. The van der Waals surface area contributed by atoms with Crippen molar-refractivity contribution in [3.63, 3.8) is 0 Å². The summed E-state index contributed by atoms with van der Waals surface area (Å²) in [6.07, 6.45) is 0. The van der Waals surface area contributed by atoms with Crippen molar-refractivity contribution in [1.29, 1.82) is 0 Å². The maximum atomic E-state index is 10.1. The second-order valence-electron chi connectivity index (χ2n) is 2.37. The first kappa shape index (κ1) is 11.8. The predicted molar refractivity (Wildman–Crippen MR) is 53.5 cm³/mol. The molecule has 1 rings (SSSR count). The lowest BCUT2D eigenvalue weighted by Gasteiger charge is -2.05. The molecule has 0 aromatic heterocycles. The van der Waals surface area contributed by atoms with Gasteiger partial charge in [0.15, 0.2) is 0 Å². The van der Waals surface area contributed by atoms with Crippen molar-refractivity contribution in [2.75, 3.05) is 0 Å². The number of benzene rings is 1. The summed E-state index contributed by atoms with van der Waals surface area (Å²) in [5.41, 5.74) is 0.783. The molecule has 0 amide bonds. The van der Waals surface area contributed by atoms with Crippen molar-refractivity contribution >= 4 is 34.0 Å². The average molecular weight is 254 g/mol. The molecule has 0 spiro atoms. The maximum Gasteiger partial charge on any atom is 0.228 e. The smallest absolute Gasteiger partial charge is 0.228 e. The highest BCUT2D eigenvalue weighted by Gasteiger charge is 1.98. The highest BCUT2D eigenvalue weighted by atomic mass is 35.5. The summed E-state index contributed by atoms with van der Waals surface area (Å²) in [6.45, 7) is 0. The molecule has 0 aliphatic rings. The van der Waals surface area contributed by atoms with Crippen LogP contribution in [-0.2, 0) is 19.8 Å². The molecule has 0 bridgehead atoms. The Morgan fingerprint density at radius 2 is 2.21 bits per heavy atom. The fourth-order valence-electron chi connectivity index (χ4n) is 0.778. The van der Waals surface area contributed by atoms with Gasteiger partial charge in [-0.2, -0.15) is 0 Å². The molecule has 4 nitrogen and oxygen atoms in total. The van der Waals surface area contributed by atoms with Gasteiger partial charge in [0.25, 0.3) is 0 Å². The van der Waals surface area contributed by atoms with Crippen LogP contribution < -0.4 is 0 Å². The third kappa shape index (κ3) is 4.83. The standard InChI is InChI=1S/C7H7ClO4S2/c8-7-3-1-2-6(4-7)5-13-12-14(9,10)11/h1-4H,5H2,(H,9,10,11)/p-1. The number of rotatable bonds is 4. The summed E-state index contributed by atoms with van der Waals surface area (Å²) < 4.78 is 34.2. The molecule has 0 fully saturated rings. The van der Waals surface area contributed by atoms with E-state index in [9.17, 15) is 13.0 Å². The van der Waals surface area contributed by atoms with Gasteiger partial charge in [-0.25, -0.2) is 12.0 Å². The molecular formula is C7H6ClO4S2-. The zero-order valence-electron chi connectivity index (χ0n) is 6.84. The Kier molecular flexibility index (Phi) is 4.21. The van der Waals surface area contributed by atoms with Crippen LogP contribution in [0.1, 0.15) is 5.56 Å². The monoisotopic (exact) mass is 253 g/mol. The normalized spacial score (nSPS) is 11.6. The average Bonchev–Trinajstić information content (AvgIpc) is 2.01. The quantitative estimate of drug-likeness (QED) is 0.466. The first-order valence-corrected chi connectivity index (χ1v) is 6.11. The van der Waals surface area contributed by atoms with Crippen molar-refractivity contribution in [3.05, 3.63) is 34.9 Å². The summed E-state index contributed by atoms with van der Waals surface area (Å²) in [7, 11) is -4.62. The fourth-order valence-corrected chi connectivity index (χ4v) is 1.97. The lowest BCUT2D eigenvalue weighted by atomic mass is 10.2. The maximum absolute atomic E-state index is 10.1. The molecule has 0 aliphatic heterocycles. The first-order chi connectivity index (χ1) is 6.47. The molecule has 0 saturated carbocycles. The summed E-state index contributed by atoms with van der Waals surface area (Å²) in [5, 5.41) is 0.549. The van der Waals surface area contributed by atoms with Crippen LogP contribution in [0.4, 0.5) is 0 Å². The van der Waals surface area contributed by atoms with Crippen molar-refractivity contribution in [2.45, 2.75) is 5.75 Å². The van der Waals surface area contributed by atoms with Gasteiger partial charge >= 0.3 is 0 Å². The summed E-state index contributed by atoms with van der Waals surface area (Å²) in [4.78, 5) is 0. The Balaban J connectivity index is 2.47. The first-order valence-electron chi connectivity index (χ1n) is 3.49. The Morgan fingerprint density at radius 1 is 1.50 bits per heavy atom. The van der Waals surface area contributed by atoms with E-state index in [-0.39, 0.29) is 5.75 Å². The van der Waals surface area contributed by atoms with Crippen LogP contribution in [0.25, 0.3) is 0 Å². The van der Waals surface area contributed by atoms with Gasteiger partial charge in [0, 0.05) is 22.8 Å². The van der Waals surface area contributed by atoms with Crippen molar-refractivity contribution in [1.82, 2.24) is 0 Å². The van der Waals surface area contributed by atoms with Crippen LogP contribution in [0.2, 0.25) is 5.02 Å². The Labute approximate surface area is 91.4 Å². The molecule has 0 N–H and O–H groups in total. The van der Waals surface area contributed by atoms with E-state index in [1.54, 1.807) is 24.3 Å². The molecule has 0 radical (unpaired) electrons. The number of hydrogen-bond acceptors (Lipinski definition) is 5. The van der Waals surface area contributed by atoms with Gasteiger partial charge in [0.05, 0.1) is 0 Å². The molecule has 78 valence electrons. The molecule has 0 aliphatic carbocycles. The van der Waals surface area contributed by atoms with Gasteiger partial charge in [-0.15, -0.1) is 0 Å². The summed E-state index contributed by atoms with van der Waals surface area (Å²) in [6, 6.07) is 6.83. The van der Waals surface area contributed by atoms with Crippen molar-refractivity contribution in [2.24, 2.45) is 0 Å². The van der Waals surface area contributed by atoms with Gasteiger partial charge in [0.2, 0.25) is 10.4 Å². The van der Waals surface area contributed by atoms with E-state index in [0.717, 1.165) is 5.56 Å². The minimum atomic E-state index is -4.62. The highest BCUT2D eigenvalue weighted by molar-refractivity contribution is 8.02. The molecule has 0 heterocycles.